The van der Waals surface area contributed by atoms with Gasteiger partial charge in [-0.05, 0) is 25.7 Å². The average molecular weight is 127 g/mol. The molecule has 0 spiro atoms. The van der Waals surface area contributed by atoms with Crippen LogP contribution in [0.3, 0.4) is 0 Å². The molecule has 3 N–H and O–H groups in total. The van der Waals surface area contributed by atoms with Gasteiger partial charge in [-0.15, -0.1) is 13.2 Å². The van der Waals surface area contributed by atoms with Gasteiger partial charge in [-0.1, -0.05) is 12.2 Å². The van der Waals surface area contributed by atoms with E-state index in [1.807, 2.05) is 12.2 Å². The number of hydrogen-bond acceptors (Lipinski definition) is 1. The van der Waals surface area contributed by atoms with E-state index in [4.69, 9.17) is 0 Å². The third-order valence-corrected chi connectivity index (χ3v) is 1.07. The molecule has 0 aliphatic heterocycles. The largest absolute Gasteiger partial charge is 0.344 e. The number of unbranched alkanes of at least 4 members (excludes halogenated alkanes) is 3. The molecule has 0 unspecified atom stereocenters. The number of rotatable bonds is 5. The van der Waals surface area contributed by atoms with Gasteiger partial charge < -0.3 is 6.15 Å². The molecule has 0 bridgehead atoms. The van der Waals surface area contributed by atoms with Crippen LogP contribution < -0.4 is 6.15 Å². The van der Waals surface area contributed by atoms with Crippen LogP contribution in [0.2, 0.25) is 0 Å². The standard InChI is InChI=1S/C8H14.H3N/c1-3-5-7-8-6-4-2;/h3-4H,1-2,5-8H2;1H3. The highest BCUT2D eigenvalue weighted by atomic mass is 14.0. The van der Waals surface area contributed by atoms with Crippen LogP contribution in [0.25, 0.3) is 0 Å². The molecule has 0 atom stereocenters. The first kappa shape index (κ1) is 11.3. The maximum absolute atomic E-state index is 3.63. The summed E-state index contributed by atoms with van der Waals surface area (Å²) >= 11 is 0. The second-order valence-electron chi connectivity index (χ2n) is 1.86. The van der Waals surface area contributed by atoms with Gasteiger partial charge in [0.2, 0.25) is 0 Å². The first-order chi connectivity index (χ1) is 3.91. The second kappa shape index (κ2) is 10.4. The Bertz CT molecular complexity index is 57.0. The predicted molar refractivity (Wildman–Crippen MR) is 43.9 cm³/mol. The van der Waals surface area contributed by atoms with Gasteiger partial charge in [0.15, 0.2) is 0 Å². The molecule has 0 heterocycles. The first-order valence-corrected chi connectivity index (χ1v) is 3.13. The summed E-state index contributed by atoms with van der Waals surface area (Å²) in [6.45, 7) is 7.26. The van der Waals surface area contributed by atoms with Gasteiger partial charge in [0.05, 0.1) is 0 Å². The molecule has 9 heavy (non-hydrogen) atoms. The van der Waals surface area contributed by atoms with Crippen LogP contribution in [0, 0.1) is 0 Å². The lowest BCUT2D eigenvalue weighted by Gasteiger charge is -1.89. The van der Waals surface area contributed by atoms with Crippen LogP contribution >= 0.6 is 0 Å². The average Bonchev–Trinajstić information content (AvgIpc) is 1.81. The molecule has 0 aromatic carbocycles. The van der Waals surface area contributed by atoms with Crippen molar-refractivity contribution in [1.82, 2.24) is 6.15 Å². The highest BCUT2D eigenvalue weighted by molar-refractivity contribution is 4.69. The van der Waals surface area contributed by atoms with Crippen LogP contribution in [0.5, 0.6) is 0 Å². The topological polar surface area (TPSA) is 35.0 Å². The zero-order chi connectivity index (χ0) is 6.24. The molecule has 0 fully saturated rings. The van der Waals surface area contributed by atoms with E-state index in [0.29, 0.717) is 0 Å². The second-order valence-corrected chi connectivity index (χ2v) is 1.86. The van der Waals surface area contributed by atoms with Gasteiger partial charge in [0.25, 0.3) is 0 Å². The van der Waals surface area contributed by atoms with Gasteiger partial charge in [-0.2, -0.15) is 0 Å². The van der Waals surface area contributed by atoms with Crippen molar-refractivity contribution in [1.29, 1.82) is 0 Å². The Morgan fingerprint density at radius 1 is 0.889 bits per heavy atom. The minimum Gasteiger partial charge on any atom is -0.344 e. The molecule has 0 radical (unpaired) electrons. The maximum atomic E-state index is 3.63. The minimum absolute atomic E-state index is 0. The summed E-state index contributed by atoms with van der Waals surface area (Å²) in [4.78, 5) is 0. The minimum atomic E-state index is 0. The Labute approximate surface area is 58.1 Å². The number of hydrogen-bond donors (Lipinski definition) is 1. The summed E-state index contributed by atoms with van der Waals surface area (Å²) in [6.07, 6.45) is 8.74. The van der Waals surface area contributed by atoms with Crippen molar-refractivity contribution >= 4 is 0 Å². The molecule has 0 amide bonds. The molecular weight excluding hydrogens is 110 g/mol. The summed E-state index contributed by atoms with van der Waals surface area (Å²) in [6, 6.07) is 0. The molecule has 54 valence electrons. The molecule has 0 aliphatic carbocycles. The highest BCUT2D eigenvalue weighted by Crippen LogP contribution is 1.99. The third kappa shape index (κ3) is 11.2. The molecule has 1 heteroatoms. The molecule has 0 rings (SSSR count). The zero-order valence-electron chi connectivity index (χ0n) is 6.10. The highest BCUT2D eigenvalue weighted by Gasteiger charge is 1.79. The SMILES string of the molecule is C=CCCCCC=C.N. The van der Waals surface area contributed by atoms with E-state index in [0.717, 1.165) is 12.8 Å². The Hall–Kier alpha value is -0.560. The summed E-state index contributed by atoms with van der Waals surface area (Å²) in [5, 5.41) is 0. The summed E-state index contributed by atoms with van der Waals surface area (Å²) in [7, 11) is 0. The summed E-state index contributed by atoms with van der Waals surface area (Å²) in [5.74, 6) is 0. The fraction of sp³-hybridized carbons (Fsp3) is 0.500. The van der Waals surface area contributed by atoms with Crippen molar-refractivity contribution in [3.8, 4) is 0 Å². The van der Waals surface area contributed by atoms with Crippen molar-refractivity contribution in [2.75, 3.05) is 0 Å². The fourth-order valence-electron chi connectivity index (χ4n) is 0.577. The van der Waals surface area contributed by atoms with Crippen LogP contribution in [0.1, 0.15) is 25.7 Å². The maximum Gasteiger partial charge on any atom is -0.0353 e. The van der Waals surface area contributed by atoms with Crippen LogP contribution in [0.15, 0.2) is 25.3 Å². The number of allylic oxidation sites excluding steroid dienone is 2. The van der Waals surface area contributed by atoms with E-state index < -0.39 is 0 Å². The summed E-state index contributed by atoms with van der Waals surface area (Å²) in [5.41, 5.74) is 0. The van der Waals surface area contributed by atoms with E-state index in [2.05, 4.69) is 13.2 Å². The molecule has 0 saturated heterocycles. The Morgan fingerprint density at radius 3 is 1.44 bits per heavy atom. The zero-order valence-corrected chi connectivity index (χ0v) is 6.10. The van der Waals surface area contributed by atoms with Gasteiger partial charge in [0, 0.05) is 0 Å². The van der Waals surface area contributed by atoms with Crippen molar-refractivity contribution in [2.45, 2.75) is 25.7 Å². The molecule has 1 nitrogen and oxygen atoms in total. The Morgan fingerprint density at radius 2 is 1.22 bits per heavy atom. The lowest BCUT2D eigenvalue weighted by molar-refractivity contribution is 0.764. The van der Waals surface area contributed by atoms with E-state index in [1.54, 1.807) is 0 Å². The molecule has 0 saturated carbocycles. The quantitative estimate of drug-likeness (QED) is 0.447. The van der Waals surface area contributed by atoms with Crippen LogP contribution in [0.4, 0.5) is 0 Å². The normalized spacial score (nSPS) is 7.56. The predicted octanol–water partition coefficient (Wildman–Crippen LogP) is 3.08. The van der Waals surface area contributed by atoms with Crippen molar-refractivity contribution in [2.24, 2.45) is 0 Å². The molecule has 0 aromatic rings. The van der Waals surface area contributed by atoms with Crippen LogP contribution in [-0.4, -0.2) is 0 Å². The molecule has 0 aliphatic rings. The van der Waals surface area contributed by atoms with Crippen molar-refractivity contribution in [3.63, 3.8) is 0 Å². The summed E-state index contributed by atoms with van der Waals surface area (Å²) < 4.78 is 0. The molecular formula is C8H17N. The van der Waals surface area contributed by atoms with Gasteiger partial charge in [0.1, 0.15) is 0 Å². The molecule has 0 aromatic heterocycles. The van der Waals surface area contributed by atoms with Gasteiger partial charge in [-0.25, -0.2) is 0 Å². The van der Waals surface area contributed by atoms with E-state index in [1.165, 1.54) is 12.8 Å². The lowest BCUT2D eigenvalue weighted by Crippen LogP contribution is -1.69. The lowest BCUT2D eigenvalue weighted by atomic mass is 10.2. The van der Waals surface area contributed by atoms with Crippen molar-refractivity contribution in [3.05, 3.63) is 25.3 Å². The first-order valence-electron chi connectivity index (χ1n) is 3.13. The smallest absolute Gasteiger partial charge is 0.0353 e. The van der Waals surface area contributed by atoms with E-state index >= 15 is 0 Å². The van der Waals surface area contributed by atoms with Crippen molar-refractivity contribution < 1.29 is 0 Å². The van der Waals surface area contributed by atoms with Gasteiger partial charge in [-0.3, -0.25) is 0 Å². The van der Waals surface area contributed by atoms with Gasteiger partial charge >= 0.3 is 0 Å². The fourth-order valence-corrected chi connectivity index (χ4v) is 0.577. The van der Waals surface area contributed by atoms with E-state index in [9.17, 15) is 0 Å². The van der Waals surface area contributed by atoms with Crippen LogP contribution in [-0.2, 0) is 0 Å². The Kier molecular flexibility index (Phi) is 13.1. The van der Waals surface area contributed by atoms with E-state index in [-0.39, 0.29) is 6.15 Å². The monoisotopic (exact) mass is 127 g/mol. The Balaban J connectivity index is 0. The third-order valence-electron chi connectivity index (χ3n) is 1.07.